The summed E-state index contributed by atoms with van der Waals surface area (Å²) in [5, 5.41) is 9.25. The topological polar surface area (TPSA) is 59.0 Å². The first-order chi connectivity index (χ1) is 11.7. The molecule has 0 amide bonds. The van der Waals surface area contributed by atoms with E-state index in [-0.39, 0.29) is 6.04 Å². The summed E-state index contributed by atoms with van der Waals surface area (Å²) in [5.74, 6) is -0.0102. The third-order valence-corrected chi connectivity index (χ3v) is 4.73. The smallest absolute Gasteiger partial charge is 0.335 e. The Kier molecular flexibility index (Phi) is 3.86. The normalized spacial score (nSPS) is 19.7. The molecule has 1 atom stereocenters. The Morgan fingerprint density at radius 2 is 2.08 bits per heavy atom. The van der Waals surface area contributed by atoms with Crippen molar-refractivity contribution in [2.45, 2.75) is 25.5 Å². The van der Waals surface area contributed by atoms with Crippen LogP contribution in [0.1, 0.15) is 40.4 Å². The van der Waals surface area contributed by atoms with Gasteiger partial charge < -0.3 is 19.5 Å². The first-order valence-electron chi connectivity index (χ1n) is 8.16. The van der Waals surface area contributed by atoms with Gasteiger partial charge in [0.05, 0.1) is 18.2 Å². The van der Waals surface area contributed by atoms with E-state index in [1.54, 1.807) is 12.1 Å². The second kappa shape index (κ2) is 6.17. The van der Waals surface area contributed by atoms with Crippen molar-refractivity contribution in [3.63, 3.8) is 0 Å². The van der Waals surface area contributed by atoms with Gasteiger partial charge in [-0.05, 0) is 42.7 Å². The summed E-state index contributed by atoms with van der Waals surface area (Å²) >= 11 is 0. The highest BCUT2D eigenvalue weighted by molar-refractivity contribution is 5.87. The highest BCUT2D eigenvalue weighted by Gasteiger charge is 2.29. The maximum Gasteiger partial charge on any atom is 0.335 e. The molecule has 0 aliphatic carbocycles. The number of hydrogen-bond donors (Lipinski definition) is 1. The molecule has 2 heterocycles. The molecule has 0 spiro atoms. The number of carboxylic acid groups (broad SMARTS) is 1. The average molecular weight is 325 g/mol. The van der Waals surface area contributed by atoms with Gasteiger partial charge in [-0.2, -0.15) is 0 Å². The molecule has 1 fully saturated rings. The number of benzene rings is 2. The van der Waals surface area contributed by atoms with E-state index in [1.807, 2.05) is 24.3 Å². The Balaban J connectivity index is 1.71. The number of rotatable bonds is 3. The van der Waals surface area contributed by atoms with Gasteiger partial charge in [0.15, 0.2) is 6.79 Å². The summed E-state index contributed by atoms with van der Waals surface area (Å²) in [6.07, 6.45) is 2.09. The molecule has 4 rings (SSSR count). The highest BCUT2D eigenvalue weighted by Crippen LogP contribution is 2.41. The zero-order chi connectivity index (χ0) is 16.5. The molecule has 5 nitrogen and oxygen atoms in total. The highest BCUT2D eigenvalue weighted by atomic mass is 16.7. The second-order valence-electron chi connectivity index (χ2n) is 6.15. The molecule has 124 valence electrons. The lowest BCUT2D eigenvalue weighted by atomic mass is 10.0. The lowest BCUT2D eigenvalue weighted by Gasteiger charge is -2.31. The molecule has 0 aromatic heterocycles. The standard InChI is InChI=1S/C19H19NO4/c21-19(22)14-5-1-4-13(10-14)16-7-3-9-20(16)17-6-2-8-18-15(17)11-23-12-24-18/h1-2,4-6,8,10,16H,3,7,9,11-12H2,(H,21,22). The van der Waals surface area contributed by atoms with E-state index in [0.717, 1.165) is 42.0 Å². The Morgan fingerprint density at radius 1 is 1.21 bits per heavy atom. The zero-order valence-corrected chi connectivity index (χ0v) is 13.3. The van der Waals surface area contributed by atoms with E-state index < -0.39 is 5.97 Å². The molecule has 2 aliphatic heterocycles. The Hall–Kier alpha value is -2.53. The molecule has 24 heavy (non-hydrogen) atoms. The van der Waals surface area contributed by atoms with Gasteiger partial charge in [-0.1, -0.05) is 18.2 Å². The van der Waals surface area contributed by atoms with Crippen molar-refractivity contribution in [1.29, 1.82) is 0 Å². The van der Waals surface area contributed by atoms with E-state index >= 15 is 0 Å². The van der Waals surface area contributed by atoms with Gasteiger partial charge in [0.2, 0.25) is 0 Å². The molecule has 0 radical (unpaired) electrons. The van der Waals surface area contributed by atoms with Gasteiger partial charge in [-0.25, -0.2) is 4.79 Å². The number of hydrogen-bond acceptors (Lipinski definition) is 4. The van der Waals surface area contributed by atoms with Gasteiger partial charge in [0.25, 0.3) is 0 Å². The van der Waals surface area contributed by atoms with Crippen LogP contribution < -0.4 is 9.64 Å². The van der Waals surface area contributed by atoms with Gasteiger partial charge in [0, 0.05) is 17.8 Å². The van der Waals surface area contributed by atoms with Gasteiger partial charge >= 0.3 is 5.97 Å². The van der Waals surface area contributed by atoms with Crippen molar-refractivity contribution in [1.82, 2.24) is 0 Å². The Labute approximate surface area is 140 Å². The molecule has 0 bridgehead atoms. The van der Waals surface area contributed by atoms with Crippen LogP contribution in [0.15, 0.2) is 42.5 Å². The second-order valence-corrected chi connectivity index (χ2v) is 6.15. The van der Waals surface area contributed by atoms with Crippen LogP contribution in [0, 0.1) is 0 Å². The first-order valence-corrected chi connectivity index (χ1v) is 8.16. The van der Waals surface area contributed by atoms with Crippen molar-refractivity contribution in [2.24, 2.45) is 0 Å². The van der Waals surface area contributed by atoms with Crippen molar-refractivity contribution < 1.29 is 19.4 Å². The summed E-state index contributed by atoms with van der Waals surface area (Å²) in [7, 11) is 0. The minimum absolute atomic E-state index is 0.178. The van der Waals surface area contributed by atoms with Crippen molar-refractivity contribution >= 4 is 11.7 Å². The van der Waals surface area contributed by atoms with Crippen LogP contribution >= 0.6 is 0 Å². The van der Waals surface area contributed by atoms with Crippen LogP contribution in [-0.4, -0.2) is 24.4 Å². The minimum atomic E-state index is -0.889. The van der Waals surface area contributed by atoms with E-state index in [4.69, 9.17) is 9.47 Å². The summed E-state index contributed by atoms with van der Waals surface area (Å²) in [6, 6.07) is 13.5. The SMILES string of the molecule is O=C(O)c1cccc(C2CCCN2c2cccc3c2COCO3)c1. The molecule has 1 unspecified atom stereocenters. The maximum absolute atomic E-state index is 11.3. The largest absolute Gasteiger partial charge is 0.478 e. The molecule has 2 aromatic rings. The summed E-state index contributed by atoms with van der Waals surface area (Å²) in [6.45, 7) is 1.78. The maximum atomic E-state index is 11.3. The van der Waals surface area contributed by atoms with E-state index in [9.17, 15) is 9.90 Å². The van der Waals surface area contributed by atoms with Crippen molar-refractivity contribution in [2.75, 3.05) is 18.2 Å². The molecule has 5 heteroatoms. The Bertz CT molecular complexity index is 774. The quantitative estimate of drug-likeness (QED) is 0.934. The Morgan fingerprint density at radius 3 is 2.96 bits per heavy atom. The fourth-order valence-electron chi connectivity index (χ4n) is 3.63. The molecule has 2 aliphatic rings. The number of fused-ring (bicyclic) bond motifs is 1. The number of nitrogens with zero attached hydrogens (tertiary/aromatic N) is 1. The number of anilines is 1. The summed E-state index contributed by atoms with van der Waals surface area (Å²) < 4.78 is 11.0. The number of carboxylic acids is 1. The fourth-order valence-corrected chi connectivity index (χ4v) is 3.63. The van der Waals surface area contributed by atoms with Crippen molar-refractivity contribution in [3.05, 3.63) is 59.2 Å². The van der Waals surface area contributed by atoms with Gasteiger partial charge in [-0.3, -0.25) is 0 Å². The van der Waals surface area contributed by atoms with Gasteiger partial charge in [0.1, 0.15) is 5.75 Å². The molecule has 0 saturated carbocycles. The average Bonchev–Trinajstić information content (AvgIpc) is 3.11. The minimum Gasteiger partial charge on any atom is -0.478 e. The lowest BCUT2D eigenvalue weighted by Crippen LogP contribution is -2.25. The lowest BCUT2D eigenvalue weighted by molar-refractivity contribution is -0.0161. The molecule has 1 saturated heterocycles. The monoisotopic (exact) mass is 325 g/mol. The van der Waals surface area contributed by atoms with Crippen LogP contribution in [0.5, 0.6) is 5.75 Å². The van der Waals surface area contributed by atoms with Crippen LogP contribution in [-0.2, 0) is 11.3 Å². The summed E-state index contributed by atoms with van der Waals surface area (Å²) in [5.41, 5.74) is 3.57. The first kappa shape index (κ1) is 15.0. The van der Waals surface area contributed by atoms with Crippen LogP contribution in [0.25, 0.3) is 0 Å². The number of carbonyl (C=O) groups is 1. The number of ether oxygens (including phenoxy) is 2. The van der Waals surface area contributed by atoms with Gasteiger partial charge in [-0.15, -0.1) is 0 Å². The third-order valence-electron chi connectivity index (χ3n) is 4.73. The molecule has 1 N–H and O–H groups in total. The summed E-state index contributed by atoms with van der Waals surface area (Å²) in [4.78, 5) is 13.6. The number of aromatic carboxylic acids is 1. The fraction of sp³-hybridized carbons (Fsp3) is 0.316. The van der Waals surface area contributed by atoms with Crippen LogP contribution in [0.2, 0.25) is 0 Å². The third kappa shape index (κ3) is 2.61. The van der Waals surface area contributed by atoms with Crippen molar-refractivity contribution in [3.8, 4) is 5.75 Å². The van der Waals surface area contributed by atoms with E-state index in [1.165, 1.54) is 0 Å². The van der Waals surface area contributed by atoms with E-state index in [2.05, 4.69) is 11.0 Å². The van der Waals surface area contributed by atoms with Crippen LogP contribution in [0.3, 0.4) is 0 Å². The zero-order valence-electron chi connectivity index (χ0n) is 13.3. The van der Waals surface area contributed by atoms with E-state index in [0.29, 0.717) is 19.0 Å². The molecular formula is C19H19NO4. The predicted molar refractivity (Wildman–Crippen MR) is 89.4 cm³/mol. The van der Waals surface area contributed by atoms with Crippen LogP contribution in [0.4, 0.5) is 5.69 Å². The molecular weight excluding hydrogens is 306 g/mol. The predicted octanol–water partition coefficient (Wildman–Crippen LogP) is 3.59. The molecule has 2 aromatic carbocycles.